The van der Waals surface area contributed by atoms with Crippen molar-refractivity contribution >= 4 is 23.6 Å². The maximum atomic E-state index is 13.4. The molecule has 1 fully saturated rings. The molecule has 6 nitrogen and oxygen atoms in total. The van der Waals surface area contributed by atoms with Crippen LogP contribution in [0.5, 0.6) is 0 Å². The minimum Gasteiger partial charge on any atom is -0.382 e. The zero-order chi connectivity index (χ0) is 29.6. The maximum absolute atomic E-state index is 13.4. The van der Waals surface area contributed by atoms with Crippen LogP contribution in [-0.2, 0) is 31.4 Å². The van der Waals surface area contributed by atoms with Gasteiger partial charge in [-0.3, -0.25) is 9.59 Å². The highest BCUT2D eigenvalue weighted by Gasteiger charge is 2.44. The van der Waals surface area contributed by atoms with Crippen molar-refractivity contribution in [2.45, 2.75) is 49.7 Å². The molecule has 3 rings (SSSR count). The van der Waals surface area contributed by atoms with Crippen LogP contribution >= 0.6 is 0 Å². The second-order valence-electron chi connectivity index (χ2n) is 9.27. The maximum Gasteiger partial charge on any atom is 0.416 e. The van der Waals surface area contributed by atoms with Gasteiger partial charge < -0.3 is 20.1 Å². The molecule has 0 aromatic heterocycles. The summed E-state index contributed by atoms with van der Waals surface area (Å²) in [5, 5.41) is 4.72. The Morgan fingerprint density at radius 2 is 1.52 bits per heavy atom. The fourth-order valence-corrected chi connectivity index (χ4v) is 4.26. The third kappa shape index (κ3) is 8.52. The summed E-state index contributed by atoms with van der Waals surface area (Å²) in [4.78, 5) is 26.2. The van der Waals surface area contributed by atoms with Crippen LogP contribution in [0.25, 0.3) is 6.08 Å². The Balaban J connectivity index is 1.86. The summed E-state index contributed by atoms with van der Waals surface area (Å²) in [5.41, 5.74) is -5.07. The van der Waals surface area contributed by atoms with E-state index in [9.17, 15) is 40.3 Å². The van der Waals surface area contributed by atoms with Gasteiger partial charge in [0, 0.05) is 18.9 Å². The number of benzene rings is 2. The molecule has 1 aliphatic carbocycles. The molecular formula is C27H27F7N2O4. The summed E-state index contributed by atoms with van der Waals surface area (Å²) in [6.45, 7) is 0.599. The lowest BCUT2D eigenvalue weighted by Gasteiger charge is -2.39. The average Bonchev–Trinajstić information content (AvgIpc) is 2.88. The van der Waals surface area contributed by atoms with Crippen molar-refractivity contribution in [3.8, 4) is 0 Å². The number of hydrogen-bond acceptors (Lipinski definition) is 4. The minimum atomic E-state index is -5.10. The summed E-state index contributed by atoms with van der Waals surface area (Å²) in [5.74, 6) is -2.19. The van der Waals surface area contributed by atoms with Crippen molar-refractivity contribution in [1.29, 1.82) is 0 Å². The molecule has 0 atom stereocenters. The lowest BCUT2D eigenvalue weighted by Crippen LogP contribution is -2.58. The average molecular weight is 577 g/mol. The first-order valence-corrected chi connectivity index (χ1v) is 12.2. The molecule has 0 radical (unpaired) electrons. The molecule has 0 unspecified atom stereocenters. The van der Waals surface area contributed by atoms with Gasteiger partial charge in [-0.25, -0.2) is 4.39 Å². The third-order valence-electron chi connectivity index (χ3n) is 6.37. The molecule has 0 saturated heterocycles. The van der Waals surface area contributed by atoms with Gasteiger partial charge in [0.2, 0.25) is 11.8 Å². The van der Waals surface area contributed by atoms with E-state index in [4.69, 9.17) is 9.47 Å². The van der Waals surface area contributed by atoms with Crippen molar-refractivity contribution in [2.24, 2.45) is 0 Å². The van der Waals surface area contributed by atoms with E-state index < -0.39 is 52.3 Å². The second-order valence-corrected chi connectivity index (χ2v) is 9.27. The van der Waals surface area contributed by atoms with E-state index in [2.05, 4.69) is 10.6 Å². The molecular weight excluding hydrogens is 549 g/mol. The van der Waals surface area contributed by atoms with E-state index in [0.717, 1.165) is 6.08 Å². The Morgan fingerprint density at radius 1 is 0.950 bits per heavy atom. The van der Waals surface area contributed by atoms with Gasteiger partial charge in [-0.1, -0.05) is 12.1 Å². The van der Waals surface area contributed by atoms with E-state index in [1.807, 2.05) is 0 Å². The van der Waals surface area contributed by atoms with Crippen LogP contribution in [0.4, 0.5) is 36.4 Å². The van der Waals surface area contributed by atoms with Crippen LogP contribution in [0.1, 0.15) is 42.4 Å². The first kappa shape index (κ1) is 31.1. The number of hydrogen-bond donors (Lipinski definition) is 2. The van der Waals surface area contributed by atoms with E-state index in [1.54, 1.807) is 0 Å². The Labute approximate surface area is 225 Å². The van der Waals surface area contributed by atoms with Crippen LogP contribution in [0, 0.1) is 5.82 Å². The minimum absolute atomic E-state index is 0.00228. The van der Waals surface area contributed by atoms with Gasteiger partial charge in [-0.2, -0.15) is 26.3 Å². The Kier molecular flexibility index (Phi) is 9.96. The van der Waals surface area contributed by atoms with E-state index in [0.29, 0.717) is 24.3 Å². The topological polar surface area (TPSA) is 76.7 Å². The molecule has 2 N–H and O–H groups in total. The monoisotopic (exact) mass is 576 g/mol. The lowest BCUT2D eigenvalue weighted by atomic mass is 9.79. The molecule has 0 bridgehead atoms. The summed E-state index contributed by atoms with van der Waals surface area (Å²) >= 11 is 0. The molecule has 1 aliphatic rings. The van der Waals surface area contributed by atoms with Crippen LogP contribution < -0.4 is 10.6 Å². The molecule has 2 aromatic rings. The fraction of sp³-hybridized carbons (Fsp3) is 0.407. The molecule has 2 amide bonds. The summed E-state index contributed by atoms with van der Waals surface area (Å²) in [6, 6.07) is 5.94. The number of amides is 2. The van der Waals surface area contributed by atoms with Gasteiger partial charge in [0.25, 0.3) is 0 Å². The van der Waals surface area contributed by atoms with Gasteiger partial charge in [0.05, 0.1) is 30.4 Å². The van der Waals surface area contributed by atoms with Crippen LogP contribution in [0.2, 0.25) is 0 Å². The molecule has 13 heteroatoms. The summed E-state index contributed by atoms with van der Waals surface area (Å²) in [6.07, 6.45) is -7.50. The number of carbonyl (C=O) groups excluding carboxylic acids is 2. The number of rotatable bonds is 9. The summed E-state index contributed by atoms with van der Waals surface area (Å²) in [7, 11) is 1.49. The normalized spacial score (nSPS) is 19.9. The first-order valence-electron chi connectivity index (χ1n) is 12.2. The Bertz CT molecular complexity index is 1170. The molecule has 40 heavy (non-hydrogen) atoms. The smallest absolute Gasteiger partial charge is 0.382 e. The number of carbonyl (C=O) groups is 2. The number of alkyl halides is 6. The van der Waals surface area contributed by atoms with Gasteiger partial charge in [-0.05, 0) is 67.7 Å². The standard InChI is InChI=1S/C27H27F7N2O4/c1-39-12-13-40-22-8-10-25(11-9-22,36-23(37)7-4-17-2-5-20(28)6-3-17)24(38)35-21-15-18(26(29,30)31)14-19(16-21)27(32,33)34/h2-7,14-16,22H,8-13H2,1H3,(H,35,38)(H,36,37). The molecule has 0 spiro atoms. The van der Waals surface area contributed by atoms with E-state index in [1.165, 1.54) is 37.5 Å². The van der Waals surface area contributed by atoms with Crippen LogP contribution in [0.3, 0.4) is 0 Å². The molecule has 0 aliphatic heterocycles. The van der Waals surface area contributed by atoms with Crippen molar-refractivity contribution in [1.82, 2.24) is 5.32 Å². The molecule has 1 saturated carbocycles. The van der Waals surface area contributed by atoms with Gasteiger partial charge in [0.15, 0.2) is 0 Å². The zero-order valence-corrected chi connectivity index (χ0v) is 21.3. The lowest BCUT2D eigenvalue weighted by molar-refractivity contribution is -0.143. The highest BCUT2D eigenvalue weighted by Crippen LogP contribution is 2.38. The predicted molar refractivity (Wildman–Crippen MR) is 131 cm³/mol. The summed E-state index contributed by atoms with van der Waals surface area (Å²) < 4.78 is 104. The predicted octanol–water partition coefficient (Wildman–Crippen LogP) is 5.98. The Morgan fingerprint density at radius 3 is 2.05 bits per heavy atom. The van der Waals surface area contributed by atoms with E-state index in [-0.39, 0.29) is 44.5 Å². The first-order chi connectivity index (χ1) is 18.7. The van der Waals surface area contributed by atoms with E-state index >= 15 is 0 Å². The number of methoxy groups -OCH3 is 1. The molecule has 218 valence electrons. The van der Waals surface area contributed by atoms with Crippen molar-refractivity contribution in [2.75, 3.05) is 25.6 Å². The molecule has 2 aromatic carbocycles. The number of halogens is 7. The van der Waals surface area contributed by atoms with Crippen molar-refractivity contribution < 1.29 is 49.8 Å². The second kappa shape index (κ2) is 12.8. The quantitative estimate of drug-likeness (QED) is 0.219. The fourth-order valence-electron chi connectivity index (χ4n) is 4.26. The number of ether oxygens (including phenoxy) is 2. The Hall–Kier alpha value is -3.45. The zero-order valence-electron chi connectivity index (χ0n) is 21.3. The highest BCUT2D eigenvalue weighted by atomic mass is 19.4. The number of nitrogens with one attached hydrogen (secondary N) is 2. The van der Waals surface area contributed by atoms with Crippen LogP contribution in [-0.4, -0.2) is 43.8 Å². The van der Waals surface area contributed by atoms with Gasteiger partial charge in [-0.15, -0.1) is 0 Å². The molecule has 0 heterocycles. The largest absolute Gasteiger partial charge is 0.416 e. The number of anilines is 1. The van der Waals surface area contributed by atoms with Gasteiger partial charge in [0.1, 0.15) is 11.4 Å². The van der Waals surface area contributed by atoms with Crippen molar-refractivity contribution in [3.05, 3.63) is 71.0 Å². The van der Waals surface area contributed by atoms with Crippen molar-refractivity contribution in [3.63, 3.8) is 0 Å². The highest BCUT2D eigenvalue weighted by molar-refractivity contribution is 6.03. The van der Waals surface area contributed by atoms with Gasteiger partial charge >= 0.3 is 12.4 Å². The SMILES string of the molecule is COCCOC1CCC(NC(=O)C=Cc2ccc(F)cc2)(C(=O)Nc2cc(C(F)(F)F)cc(C(F)(F)F)c2)CC1. The third-order valence-corrected chi connectivity index (χ3v) is 6.37. The van der Waals surface area contributed by atoms with Crippen LogP contribution in [0.15, 0.2) is 48.5 Å².